The zero-order chi connectivity index (χ0) is 17.8. The Kier molecular flexibility index (Phi) is 5.33. The van der Waals surface area contributed by atoms with E-state index in [1.807, 2.05) is 17.2 Å². The molecule has 1 saturated heterocycles. The zero-order valence-electron chi connectivity index (χ0n) is 14.9. The minimum absolute atomic E-state index is 0.00925. The lowest BCUT2D eigenvalue weighted by molar-refractivity contribution is -0.129. The number of H-pyrrole nitrogens is 1. The Morgan fingerprint density at radius 3 is 3.12 bits per heavy atom. The summed E-state index contributed by atoms with van der Waals surface area (Å²) in [6.07, 6.45) is 5.95. The van der Waals surface area contributed by atoms with Crippen molar-refractivity contribution in [3.05, 3.63) is 35.6 Å². The third kappa shape index (κ3) is 3.99. The average molecular weight is 342 g/mol. The van der Waals surface area contributed by atoms with Crippen molar-refractivity contribution in [2.75, 3.05) is 40.3 Å². The highest BCUT2D eigenvalue weighted by Gasteiger charge is 2.30. The number of nitrogens with zero attached hydrogens (tertiary/aromatic N) is 4. The predicted octanol–water partition coefficient (Wildman–Crippen LogP) is -0.661. The molecule has 2 aliphatic rings. The quantitative estimate of drug-likeness (QED) is 0.698. The van der Waals surface area contributed by atoms with Crippen LogP contribution in [0.3, 0.4) is 0 Å². The fourth-order valence-corrected chi connectivity index (χ4v) is 3.45. The summed E-state index contributed by atoms with van der Waals surface area (Å²) < 4.78 is 0. The van der Waals surface area contributed by atoms with Crippen LogP contribution < -0.4 is 16.0 Å². The number of rotatable bonds is 5. The van der Waals surface area contributed by atoms with Crippen molar-refractivity contribution < 1.29 is 4.79 Å². The van der Waals surface area contributed by atoms with Crippen LogP contribution in [0.2, 0.25) is 0 Å². The third-order valence-corrected chi connectivity index (χ3v) is 4.90. The number of likely N-dealkylation sites (N-methyl/N-ethyl adjacent to an activating group) is 1. The van der Waals surface area contributed by atoms with Crippen molar-refractivity contribution in [1.82, 2.24) is 20.1 Å². The van der Waals surface area contributed by atoms with E-state index in [0.717, 1.165) is 42.5 Å². The summed E-state index contributed by atoms with van der Waals surface area (Å²) in [6.45, 7) is 6.54. The Balaban J connectivity index is 1.72. The van der Waals surface area contributed by atoms with Crippen molar-refractivity contribution in [2.45, 2.75) is 12.5 Å². The summed E-state index contributed by atoms with van der Waals surface area (Å²) in [5.74, 6) is 0.388. The molecule has 1 amide bonds. The van der Waals surface area contributed by atoms with Crippen LogP contribution in [0.1, 0.15) is 6.42 Å². The van der Waals surface area contributed by atoms with Crippen LogP contribution in [0, 0.1) is 5.92 Å². The summed E-state index contributed by atoms with van der Waals surface area (Å²) in [5.41, 5.74) is 1.91. The van der Waals surface area contributed by atoms with E-state index in [1.54, 1.807) is 6.34 Å². The van der Waals surface area contributed by atoms with Crippen LogP contribution in [0.15, 0.2) is 34.9 Å². The maximum atomic E-state index is 12.1. The molecule has 0 unspecified atom stereocenters. The van der Waals surface area contributed by atoms with Crippen LogP contribution in [-0.2, 0) is 4.79 Å². The number of fused-ring (bicyclic) bond motifs is 1. The Labute approximate surface area is 147 Å². The van der Waals surface area contributed by atoms with Crippen molar-refractivity contribution in [1.29, 1.82) is 0 Å². The summed E-state index contributed by atoms with van der Waals surface area (Å²) in [5, 5.41) is 4.62. The van der Waals surface area contributed by atoms with Crippen LogP contribution in [-0.4, -0.2) is 73.3 Å². The van der Waals surface area contributed by atoms with Gasteiger partial charge in [0.15, 0.2) is 0 Å². The second-order valence-electron chi connectivity index (χ2n) is 6.85. The second kappa shape index (κ2) is 7.65. The molecule has 1 aromatic rings. The molecule has 7 heteroatoms. The van der Waals surface area contributed by atoms with Crippen molar-refractivity contribution in [3.63, 3.8) is 0 Å². The second-order valence-corrected chi connectivity index (χ2v) is 6.85. The van der Waals surface area contributed by atoms with Gasteiger partial charge in [-0.2, -0.15) is 0 Å². The normalized spacial score (nSPS) is 23.0. The standard InChI is InChI=1S/C18H26N6O/c1-4-17(25)24-10-13(7-14(11-24)23(2)3)8-21-16-9-19-12-22-18-15(16)5-6-20-18/h4-6,12-14,21H,1,7-11H2,2-3H3,(H,19,20,22)/t13-,14-/m0/s1. The van der Waals surface area contributed by atoms with Gasteiger partial charge in [-0.25, -0.2) is 4.99 Å². The Bertz CT molecular complexity index is 778. The molecule has 0 spiro atoms. The fraction of sp³-hybridized carbons (Fsp3) is 0.500. The van der Waals surface area contributed by atoms with Gasteiger partial charge in [-0.05, 0) is 38.6 Å². The van der Waals surface area contributed by atoms with Gasteiger partial charge in [0.25, 0.3) is 0 Å². The molecule has 1 fully saturated rings. The van der Waals surface area contributed by atoms with Crippen LogP contribution in [0.5, 0.6) is 0 Å². The fourth-order valence-electron chi connectivity index (χ4n) is 3.45. The molecule has 0 aromatic carbocycles. The number of piperidine rings is 1. The first-order valence-electron chi connectivity index (χ1n) is 8.63. The molecule has 0 saturated carbocycles. The molecule has 2 N–H and O–H groups in total. The van der Waals surface area contributed by atoms with Crippen molar-refractivity contribution in [3.8, 4) is 0 Å². The van der Waals surface area contributed by atoms with E-state index in [4.69, 9.17) is 0 Å². The molecule has 0 radical (unpaired) electrons. The largest absolute Gasteiger partial charge is 0.386 e. The van der Waals surface area contributed by atoms with Gasteiger partial charge in [0.2, 0.25) is 5.91 Å². The first kappa shape index (κ1) is 17.4. The third-order valence-electron chi connectivity index (χ3n) is 4.90. The van der Waals surface area contributed by atoms with Gasteiger partial charge in [-0.3, -0.25) is 9.79 Å². The molecule has 0 bridgehead atoms. The van der Waals surface area contributed by atoms with Gasteiger partial charge in [0, 0.05) is 42.8 Å². The van der Waals surface area contributed by atoms with Gasteiger partial charge in [0.1, 0.15) is 11.8 Å². The van der Waals surface area contributed by atoms with E-state index < -0.39 is 0 Å². The molecule has 2 atom stereocenters. The summed E-state index contributed by atoms with van der Waals surface area (Å²) in [4.78, 5) is 27.9. The number of amides is 1. The lowest BCUT2D eigenvalue weighted by atomic mass is 9.93. The average Bonchev–Trinajstić information content (AvgIpc) is 3.00. The lowest BCUT2D eigenvalue weighted by Gasteiger charge is -2.40. The number of aromatic amines is 1. The number of carbonyl (C=O) groups is 1. The Morgan fingerprint density at radius 1 is 1.52 bits per heavy atom. The van der Waals surface area contributed by atoms with Crippen LogP contribution in [0.4, 0.5) is 0 Å². The molecular formula is C18H26N6O. The van der Waals surface area contributed by atoms with E-state index in [1.165, 1.54) is 6.08 Å². The smallest absolute Gasteiger partial charge is 0.246 e. The zero-order valence-corrected chi connectivity index (χ0v) is 14.9. The highest BCUT2D eigenvalue weighted by atomic mass is 16.2. The molecule has 1 aromatic heterocycles. The van der Waals surface area contributed by atoms with Gasteiger partial charge < -0.3 is 20.1 Å². The highest BCUT2D eigenvalue weighted by molar-refractivity contribution is 5.87. The maximum Gasteiger partial charge on any atom is 0.246 e. The summed E-state index contributed by atoms with van der Waals surface area (Å²) in [6, 6.07) is 2.38. The SMILES string of the molecule is C=CC(=O)N1C[C@H](CNC2=c3cc[nH]c3=NC=NC2)C[C@H](N(C)C)C1. The summed E-state index contributed by atoms with van der Waals surface area (Å²) >= 11 is 0. The van der Waals surface area contributed by atoms with Crippen molar-refractivity contribution >= 4 is 17.9 Å². The molecule has 2 aliphatic heterocycles. The monoisotopic (exact) mass is 342 g/mol. The minimum atomic E-state index is 0.00925. The first-order chi connectivity index (χ1) is 12.1. The number of aliphatic imine (C=N–C) groups is 1. The molecule has 0 aliphatic carbocycles. The van der Waals surface area contributed by atoms with Gasteiger partial charge in [0.05, 0.1) is 6.54 Å². The van der Waals surface area contributed by atoms with Crippen molar-refractivity contribution in [2.24, 2.45) is 15.9 Å². The van der Waals surface area contributed by atoms with Crippen LogP contribution in [0.25, 0.3) is 5.70 Å². The number of aromatic nitrogens is 1. The van der Waals surface area contributed by atoms with E-state index in [-0.39, 0.29) is 5.91 Å². The molecule has 3 heterocycles. The van der Waals surface area contributed by atoms with E-state index in [0.29, 0.717) is 18.5 Å². The Hall–Kier alpha value is -2.41. The lowest BCUT2D eigenvalue weighted by Crippen LogP contribution is -2.52. The summed E-state index contributed by atoms with van der Waals surface area (Å²) in [7, 11) is 4.14. The number of nitrogens with one attached hydrogen (secondary N) is 2. The number of carbonyl (C=O) groups excluding carboxylic acids is 1. The van der Waals surface area contributed by atoms with E-state index in [2.05, 4.69) is 45.9 Å². The predicted molar refractivity (Wildman–Crippen MR) is 98.7 cm³/mol. The highest BCUT2D eigenvalue weighted by Crippen LogP contribution is 2.20. The number of hydrogen-bond donors (Lipinski definition) is 2. The van der Waals surface area contributed by atoms with E-state index >= 15 is 0 Å². The van der Waals surface area contributed by atoms with Gasteiger partial charge in [-0.1, -0.05) is 6.58 Å². The molecule has 3 rings (SSSR count). The van der Waals surface area contributed by atoms with Crippen LogP contribution >= 0.6 is 0 Å². The first-order valence-corrected chi connectivity index (χ1v) is 8.63. The molecule has 7 nitrogen and oxygen atoms in total. The van der Waals surface area contributed by atoms with Gasteiger partial charge >= 0.3 is 0 Å². The number of likely N-dealkylation sites (tertiary alicyclic amines) is 1. The van der Waals surface area contributed by atoms with Gasteiger partial charge in [-0.15, -0.1) is 0 Å². The molecule has 25 heavy (non-hydrogen) atoms. The maximum absolute atomic E-state index is 12.1. The molecular weight excluding hydrogens is 316 g/mol. The molecule has 134 valence electrons. The van der Waals surface area contributed by atoms with E-state index in [9.17, 15) is 4.79 Å². The topological polar surface area (TPSA) is 76.1 Å². The minimum Gasteiger partial charge on any atom is -0.386 e. The Morgan fingerprint density at radius 2 is 2.36 bits per heavy atom. The number of hydrogen-bond acceptors (Lipinski definition) is 5.